The standard InChI is InChI=1S/C11H23N3O2/c1-14(9-10-5-4-8-16-10)7-3-2-6-11(12)13-15/h10,15H,2-9H2,1H3,(H2,12,13). The molecular weight excluding hydrogens is 206 g/mol. The number of unbranched alkanes of at least 4 members (excludes halogenated alkanes) is 1. The molecule has 0 saturated carbocycles. The second-order valence-corrected chi connectivity index (χ2v) is 4.45. The number of likely N-dealkylation sites (N-methyl/N-ethyl adjacent to an activating group) is 1. The molecule has 0 aromatic heterocycles. The molecule has 1 fully saturated rings. The van der Waals surface area contributed by atoms with Gasteiger partial charge in [-0.3, -0.25) is 0 Å². The largest absolute Gasteiger partial charge is 0.409 e. The summed E-state index contributed by atoms with van der Waals surface area (Å²) in [5.41, 5.74) is 5.39. The van der Waals surface area contributed by atoms with Crippen LogP contribution in [-0.4, -0.2) is 48.8 Å². The zero-order valence-electron chi connectivity index (χ0n) is 10.1. The van der Waals surface area contributed by atoms with E-state index in [1.54, 1.807) is 0 Å². The molecule has 0 spiro atoms. The summed E-state index contributed by atoms with van der Waals surface area (Å²) in [6, 6.07) is 0. The molecule has 1 aliphatic heterocycles. The molecule has 0 bridgehead atoms. The first-order valence-corrected chi connectivity index (χ1v) is 5.99. The van der Waals surface area contributed by atoms with Gasteiger partial charge in [-0.05, 0) is 39.3 Å². The molecule has 0 aromatic carbocycles. The van der Waals surface area contributed by atoms with E-state index in [0.29, 0.717) is 18.4 Å². The molecule has 5 nitrogen and oxygen atoms in total. The Bertz CT molecular complexity index is 215. The van der Waals surface area contributed by atoms with Crippen molar-refractivity contribution >= 4 is 5.84 Å². The Labute approximate surface area is 97.2 Å². The molecule has 1 unspecified atom stereocenters. The van der Waals surface area contributed by atoms with Crippen LogP contribution in [0.1, 0.15) is 32.1 Å². The Morgan fingerprint density at radius 2 is 2.38 bits per heavy atom. The van der Waals surface area contributed by atoms with Gasteiger partial charge in [-0.2, -0.15) is 0 Å². The number of ether oxygens (including phenoxy) is 1. The average Bonchev–Trinajstić information content (AvgIpc) is 2.76. The highest BCUT2D eigenvalue weighted by Gasteiger charge is 2.16. The number of oxime groups is 1. The third-order valence-corrected chi connectivity index (χ3v) is 2.89. The molecule has 94 valence electrons. The maximum Gasteiger partial charge on any atom is 0.139 e. The Morgan fingerprint density at radius 1 is 1.56 bits per heavy atom. The molecule has 3 N–H and O–H groups in total. The van der Waals surface area contributed by atoms with Crippen molar-refractivity contribution in [1.82, 2.24) is 4.90 Å². The van der Waals surface area contributed by atoms with Crippen LogP contribution in [0, 0.1) is 0 Å². The summed E-state index contributed by atoms with van der Waals surface area (Å²) in [5, 5.41) is 11.3. The van der Waals surface area contributed by atoms with Crippen molar-refractivity contribution in [2.45, 2.75) is 38.2 Å². The summed E-state index contributed by atoms with van der Waals surface area (Å²) in [6.45, 7) is 2.98. The van der Waals surface area contributed by atoms with Crippen LogP contribution < -0.4 is 5.73 Å². The predicted octanol–water partition coefficient (Wildman–Crippen LogP) is 1.01. The Hall–Kier alpha value is -0.810. The summed E-state index contributed by atoms with van der Waals surface area (Å²) in [7, 11) is 2.12. The Balaban J connectivity index is 1.99. The van der Waals surface area contributed by atoms with Gasteiger partial charge < -0.3 is 20.6 Å². The van der Waals surface area contributed by atoms with E-state index in [4.69, 9.17) is 15.7 Å². The van der Waals surface area contributed by atoms with Gasteiger partial charge in [0.05, 0.1) is 6.10 Å². The minimum absolute atomic E-state index is 0.321. The van der Waals surface area contributed by atoms with Crippen LogP contribution in [0.25, 0.3) is 0 Å². The number of hydrogen-bond donors (Lipinski definition) is 2. The fourth-order valence-corrected chi connectivity index (χ4v) is 1.97. The zero-order chi connectivity index (χ0) is 11.8. The van der Waals surface area contributed by atoms with Gasteiger partial charge in [-0.25, -0.2) is 0 Å². The average molecular weight is 229 g/mol. The Morgan fingerprint density at radius 3 is 3.00 bits per heavy atom. The molecule has 1 heterocycles. The lowest BCUT2D eigenvalue weighted by Crippen LogP contribution is -2.29. The molecule has 1 saturated heterocycles. The first-order chi connectivity index (χ1) is 7.72. The molecule has 0 radical (unpaired) electrons. The second kappa shape index (κ2) is 7.46. The monoisotopic (exact) mass is 229 g/mol. The van der Waals surface area contributed by atoms with Crippen LogP contribution in [0.15, 0.2) is 5.16 Å². The van der Waals surface area contributed by atoms with Crippen molar-refractivity contribution in [2.75, 3.05) is 26.7 Å². The van der Waals surface area contributed by atoms with E-state index in [-0.39, 0.29) is 0 Å². The van der Waals surface area contributed by atoms with Gasteiger partial charge in [0.15, 0.2) is 0 Å². The van der Waals surface area contributed by atoms with Crippen molar-refractivity contribution in [1.29, 1.82) is 0 Å². The highest BCUT2D eigenvalue weighted by Crippen LogP contribution is 2.12. The molecule has 1 atom stereocenters. The minimum Gasteiger partial charge on any atom is -0.409 e. The van der Waals surface area contributed by atoms with Crippen molar-refractivity contribution in [3.05, 3.63) is 0 Å². The first kappa shape index (κ1) is 13.3. The lowest BCUT2D eigenvalue weighted by Gasteiger charge is -2.20. The normalized spacial score (nSPS) is 21.9. The fourth-order valence-electron chi connectivity index (χ4n) is 1.97. The summed E-state index contributed by atoms with van der Waals surface area (Å²) in [5.74, 6) is 0.321. The van der Waals surface area contributed by atoms with E-state index in [9.17, 15) is 0 Å². The van der Waals surface area contributed by atoms with Gasteiger partial charge in [-0.15, -0.1) is 0 Å². The van der Waals surface area contributed by atoms with Crippen LogP contribution in [0.5, 0.6) is 0 Å². The number of amidine groups is 1. The molecule has 5 heteroatoms. The third kappa shape index (κ3) is 5.32. The molecule has 0 amide bonds. The van der Waals surface area contributed by atoms with Crippen molar-refractivity contribution < 1.29 is 9.94 Å². The van der Waals surface area contributed by atoms with E-state index in [0.717, 1.165) is 32.5 Å². The van der Waals surface area contributed by atoms with E-state index < -0.39 is 0 Å². The van der Waals surface area contributed by atoms with Gasteiger partial charge in [-0.1, -0.05) is 5.16 Å². The molecule has 0 aromatic rings. The van der Waals surface area contributed by atoms with Crippen molar-refractivity contribution in [2.24, 2.45) is 10.9 Å². The smallest absolute Gasteiger partial charge is 0.139 e. The zero-order valence-corrected chi connectivity index (χ0v) is 10.1. The molecule has 0 aliphatic carbocycles. The first-order valence-electron chi connectivity index (χ1n) is 5.99. The van der Waals surface area contributed by atoms with Crippen molar-refractivity contribution in [3.63, 3.8) is 0 Å². The number of hydrogen-bond acceptors (Lipinski definition) is 4. The summed E-state index contributed by atoms with van der Waals surface area (Å²) in [4.78, 5) is 2.29. The molecule has 16 heavy (non-hydrogen) atoms. The number of rotatable bonds is 7. The van der Waals surface area contributed by atoms with Gasteiger partial charge in [0.2, 0.25) is 0 Å². The van der Waals surface area contributed by atoms with Gasteiger partial charge in [0.1, 0.15) is 5.84 Å². The van der Waals surface area contributed by atoms with Crippen molar-refractivity contribution in [3.8, 4) is 0 Å². The minimum atomic E-state index is 0.321. The van der Waals surface area contributed by atoms with Gasteiger partial charge >= 0.3 is 0 Å². The topological polar surface area (TPSA) is 71.1 Å². The quantitative estimate of drug-likeness (QED) is 0.225. The second-order valence-electron chi connectivity index (χ2n) is 4.45. The fraction of sp³-hybridized carbons (Fsp3) is 0.909. The third-order valence-electron chi connectivity index (χ3n) is 2.89. The van der Waals surface area contributed by atoms with E-state index in [1.807, 2.05) is 0 Å². The number of nitrogens with zero attached hydrogens (tertiary/aromatic N) is 2. The lowest BCUT2D eigenvalue weighted by atomic mass is 10.2. The maximum atomic E-state index is 8.37. The van der Waals surface area contributed by atoms with Gasteiger partial charge in [0.25, 0.3) is 0 Å². The van der Waals surface area contributed by atoms with Crippen LogP contribution in [-0.2, 0) is 4.74 Å². The SMILES string of the molecule is CN(CCCC/C(N)=N/O)CC1CCCO1. The molecular formula is C11H23N3O2. The van der Waals surface area contributed by atoms with Crippen LogP contribution >= 0.6 is 0 Å². The summed E-state index contributed by atoms with van der Waals surface area (Å²) in [6.07, 6.45) is 5.51. The predicted molar refractivity (Wildman–Crippen MR) is 63.7 cm³/mol. The summed E-state index contributed by atoms with van der Waals surface area (Å²) >= 11 is 0. The van der Waals surface area contributed by atoms with Crippen LogP contribution in [0.4, 0.5) is 0 Å². The van der Waals surface area contributed by atoms with E-state index in [2.05, 4.69) is 17.1 Å². The van der Waals surface area contributed by atoms with Crippen LogP contribution in [0.3, 0.4) is 0 Å². The van der Waals surface area contributed by atoms with Gasteiger partial charge in [0, 0.05) is 19.6 Å². The number of nitrogens with two attached hydrogens (primary N) is 1. The highest BCUT2D eigenvalue weighted by molar-refractivity contribution is 5.79. The maximum absolute atomic E-state index is 8.37. The Kier molecular flexibility index (Phi) is 6.18. The molecule has 1 rings (SSSR count). The van der Waals surface area contributed by atoms with Crippen LogP contribution in [0.2, 0.25) is 0 Å². The summed E-state index contributed by atoms with van der Waals surface area (Å²) < 4.78 is 5.57. The highest BCUT2D eigenvalue weighted by atomic mass is 16.5. The lowest BCUT2D eigenvalue weighted by molar-refractivity contribution is 0.0808. The molecule has 1 aliphatic rings. The van der Waals surface area contributed by atoms with E-state index in [1.165, 1.54) is 12.8 Å². The van der Waals surface area contributed by atoms with E-state index >= 15 is 0 Å².